The number of nitrogens with two attached hydrogens (primary N) is 1. The van der Waals surface area contributed by atoms with Crippen molar-refractivity contribution < 1.29 is 28.6 Å². The fourth-order valence-electron chi connectivity index (χ4n) is 2.22. The third-order valence-corrected chi connectivity index (χ3v) is 3.58. The molecule has 0 aliphatic heterocycles. The number of imide groups is 1. The van der Waals surface area contributed by atoms with Gasteiger partial charge in [0.2, 0.25) is 0 Å². The number of hydrogen-bond donors (Lipinski definition) is 2. The van der Waals surface area contributed by atoms with Crippen molar-refractivity contribution in [3.05, 3.63) is 23.8 Å². The molecule has 27 heavy (non-hydrogen) atoms. The van der Waals surface area contributed by atoms with Gasteiger partial charge in [-0.2, -0.15) is 0 Å². The molecular weight excluding hydrogens is 352 g/mol. The van der Waals surface area contributed by atoms with E-state index >= 15 is 0 Å². The van der Waals surface area contributed by atoms with E-state index in [2.05, 4.69) is 6.92 Å². The summed E-state index contributed by atoms with van der Waals surface area (Å²) < 4.78 is 16.5. The van der Waals surface area contributed by atoms with E-state index in [0.29, 0.717) is 24.7 Å². The maximum atomic E-state index is 12.5. The average molecular weight is 380 g/mol. The molecule has 0 unspecified atom stereocenters. The lowest BCUT2D eigenvalue weighted by Crippen LogP contribution is -2.45. The molecule has 0 aliphatic carbocycles. The molecule has 0 aromatic heterocycles. The number of nitrogens with one attached hydrogen (secondary N) is 1. The quantitative estimate of drug-likeness (QED) is 0.476. The van der Waals surface area contributed by atoms with Gasteiger partial charge in [0.15, 0.2) is 17.6 Å². The highest BCUT2D eigenvalue weighted by Crippen LogP contribution is 2.29. The van der Waals surface area contributed by atoms with Crippen LogP contribution >= 0.6 is 0 Å². The van der Waals surface area contributed by atoms with Gasteiger partial charge in [-0.15, -0.1) is 0 Å². The molecule has 8 heteroatoms. The standard InChI is InChI=1S/C19H28N2O6/c1-5-7-10-26-14-9-8-13(11-15(14)25-6-2)18(23)27-16(12(3)4)17(22)21-19(20)24/h8-9,11-12,16H,5-7,10H2,1-4H3,(H3,20,21,22,24)/t16-/m1/s1. The number of carbonyl (C=O) groups excluding carboxylic acids is 3. The molecule has 0 aliphatic rings. The highest BCUT2D eigenvalue weighted by molar-refractivity contribution is 5.98. The zero-order valence-electron chi connectivity index (χ0n) is 16.2. The number of urea groups is 1. The summed E-state index contributed by atoms with van der Waals surface area (Å²) >= 11 is 0. The number of amides is 3. The number of benzene rings is 1. The van der Waals surface area contributed by atoms with Crippen molar-refractivity contribution in [2.75, 3.05) is 13.2 Å². The predicted molar refractivity (Wildman–Crippen MR) is 99.8 cm³/mol. The normalized spacial score (nSPS) is 11.6. The largest absolute Gasteiger partial charge is 0.490 e. The predicted octanol–water partition coefficient (Wildman–Crippen LogP) is 2.64. The van der Waals surface area contributed by atoms with Gasteiger partial charge in [-0.25, -0.2) is 9.59 Å². The molecule has 1 aromatic rings. The lowest BCUT2D eigenvalue weighted by molar-refractivity contribution is -0.130. The monoisotopic (exact) mass is 380 g/mol. The molecule has 0 radical (unpaired) electrons. The van der Waals surface area contributed by atoms with E-state index < -0.39 is 24.0 Å². The van der Waals surface area contributed by atoms with Crippen LogP contribution < -0.4 is 20.5 Å². The number of primary amides is 1. The van der Waals surface area contributed by atoms with Crippen LogP contribution in [0.5, 0.6) is 11.5 Å². The van der Waals surface area contributed by atoms with Gasteiger partial charge in [0, 0.05) is 0 Å². The summed E-state index contributed by atoms with van der Waals surface area (Å²) in [6.07, 6.45) is 0.750. The van der Waals surface area contributed by atoms with E-state index in [1.54, 1.807) is 19.9 Å². The number of ether oxygens (including phenoxy) is 3. The second kappa shape index (κ2) is 11.1. The summed E-state index contributed by atoms with van der Waals surface area (Å²) in [6, 6.07) is 3.67. The first kappa shape index (κ1) is 22.3. The molecule has 0 bridgehead atoms. The molecule has 0 spiro atoms. The van der Waals surface area contributed by atoms with Crippen LogP contribution in [0.4, 0.5) is 4.79 Å². The van der Waals surface area contributed by atoms with Gasteiger partial charge >= 0.3 is 12.0 Å². The average Bonchev–Trinajstić information content (AvgIpc) is 2.60. The van der Waals surface area contributed by atoms with Gasteiger partial charge in [0.05, 0.1) is 18.8 Å². The summed E-state index contributed by atoms with van der Waals surface area (Å²) in [5, 5.41) is 1.93. The van der Waals surface area contributed by atoms with E-state index in [1.807, 2.05) is 12.2 Å². The van der Waals surface area contributed by atoms with Crippen molar-refractivity contribution >= 4 is 17.9 Å². The summed E-state index contributed by atoms with van der Waals surface area (Å²) in [5.74, 6) is -0.874. The Hall–Kier alpha value is -2.77. The van der Waals surface area contributed by atoms with Crippen LogP contribution in [0.25, 0.3) is 0 Å². The molecule has 1 aromatic carbocycles. The van der Waals surface area contributed by atoms with Crippen LogP contribution in [-0.2, 0) is 9.53 Å². The fourth-order valence-corrected chi connectivity index (χ4v) is 2.22. The van der Waals surface area contributed by atoms with E-state index in [4.69, 9.17) is 19.9 Å². The van der Waals surface area contributed by atoms with Crippen LogP contribution in [0.1, 0.15) is 50.9 Å². The molecule has 0 saturated heterocycles. The minimum absolute atomic E-state index is 0.207. The third kappa shape index (κ3) is 7.16. The van der Waals surface area contributed by atoms with Crippen LogP contribution in [0.2, 0.25) is 0 Å². The van der Waals surface area contributed by atoms with E-state index in [9.17, 15) is 14.4 Å². The van der Waals surface area contributed by atoms with Crippen molar-refractivity contribution in [1.82, 2.24) is 5.32 Å². The first-order valence-electron chi connectivity index (χ1n) is 9.01. The summed E-state index contributed by atoms with van der Waals surface area (Å²) in [5.41, 5.74) is 5.16. The topological polar surface area (TPSA) is 117 Å². The Labute approximate surface area is 159 Å². The molecule has 0 heterocycles. The Morgan fingerprint density at radius 3 is 2.37 bits per heavy atom. The zero-order valence-corrected chi connectivity index (χ0v) is 16.2. The van der Waals surface area contributed by atoms with Crippen LogP contribution in [0.3, 0.4) is 0 Å². The SMILES string of the molecule is CCCCOc1ccc(C(=O)O[C@@H](C(=O)NC(N)=O)C(C)C)cc1OCC. The zero-order chi connectivity index (χ0) is 20.4. The lowest BCUT2D eigenvalue weighted by atomic mass is 10.1. The molecule has 3 amide bonds. The van der Waals surface area contributed by atoms with Crippen molar-refractivity contribution in [3.63, 3.8) is 0 Å². The van der Waals surface area contributed by atoms with Crippen LogP contribution in [0.15, 0.2) is 18.2 Å². The van der Waals surface area contributed by atoms with Gasteiger partial charge in [-0.1, -0.05) is 27.2 Å². The molecule has 0 saturated carbocycles. The Kier molecular flexibility index (Phi) is 9.12. The maximum absolute atomic E-state index is 12.5. The number of unbranched alkanes of at least 4 members (excludes halogenated alkanes) is 1. The minimum Gasteiger partial charge on any atom is -0.490 e. The van der Waals surface area contributed by atoms with Crippen molar-refractivity contribution in [2.24, 2.45) is 11.7 Å². The van der Waals surface area contributed by atoms with E-state index in [1.165, 1.54) is 12.1 Å². The van der Waals surface area contributed by atoms with Gasteiger partial charge in [-0.3, -0.25) is 10.1 Å². The number of rotatable bonds is 10. The third-order valence-electron chi connectivity index (χ3n) is 3.58. The molecular formula is C19H28N2O6. The van der Waals surface area contributed by atoms with E-state index in [0.717, 1.165) is 12.8 Å². The number of carbonyl (C=O) groups is 3. The summed E-state index contributed by atoms with van der Waals surface area (Å²) in [7, 11) is 0. The molecule has 3 N–H and O–H groups in total. The molecule has 8 nitrogen and oxygen atoms in total. The summed E-state index contributed by atoms with van der Waals surface area (Å²) in [6.45, 7) is 8.21. The number of esters is 1. The van der Waals surface area contributed by atoms with Gasteiger partial charge < -0.3 is 19.9 Å². The Morgan fingerprint density at radius 2 is 1.81 bits per heavy atom. The van der Waals surface area contributed by atoms with Gasteiger partial charge in [0.1, 0.15) is 0 Å². The second-order valence-electron chi connectivity index (χ2n) is 6.22. The van der Waals surface area contributed by atoms with Crippen LogP contribution in [0, 0.1) is 5.92 Å². The lowest BCUT2D eigenvalue weighted by Gasteiger charge is -2.20. The van der Waals surface area contributed by atoms with Crippen molar-refractivity contribution in [3.8, 4) is 11.5 Å². The Bertz CT molecular complexity index is 660. The van der Waals surface area contributed by atoms with Gasteiger partial charge in [-0.05, 0) is 37.5 Å². The molecule has 150 valence electrons. The molecule has 0 fully saturated rings. The highest BCUT2D eigenvalue weighted by Gasteiger charge is 2.28. The number of hydrogen-bond acceptors (Lipinski definition) is 6. The maximum Gasteiger partial charge on any atom is 0.339 e. The molecule has 1 rings (SSSR count). The second-order valence-corrected chi connectivity index (χ2v) is 6.22. The van der Waals surface area contributed by atoms with Crippen LogP contribution in [-0.4, -0.2) is 37.2 Å². The highest BCUT2D eigenvalue weighted by atomic mass is 16.5. The minimum atomic E-state index is -1.15. The van der Waals surface area contributed by atoms with Crippen molar-refractivity contribution in [1.29, 1.82) is 0 Å². The Balaban J connectivity index is 2.95. The smallest absolute Gasteiger partial charge is 0.339 e. The van der Waals surface area contributed by atoms with E-state index in [-0.39, 0.29) is 11.5 Å². The molecule has 1 atom stereocenters. The first-order valence-corrected chi connectivity index (χ1v) is 9.01. The van der Waals surface area contributed by atoms with Crippen molar-refractivity contribution in [2.45, 2.75) is 46.6 Å². The first-order chi connectivity index (χ1) is 12.8. The Morgan fingerprint density at radius 1 is 1.11 bits per heavy atom. The van der Waals surface area contributed by atoms with Gasteiger partial charge in [0.25, 0.3) is 5.91 Å². The summed E-state index contributed by atoms with van der Waals surface area (Å²) in [4.78, 5) is 35.3. The fraction of sp³-hybridized carbons (Fsp3) is 0.526.